The van der Waals surface area contributed by atoms with Gasteiger partial charge in [-0.2, -0.15) is 0 Å². The molecule has 0 heterocycles. The molecule has 0 fully saturated rings. The first-order valence-electron chi connectivity index (χ1n) is 6.55. The quantitative estimate of drug-likeness (QED) is 0.335. The van der Waals surface area contributed by atoms with Gasteiger partial charge in [0.25, 0.3) is 0 Å². The predicted molar refractivity (Wildman–Crippen MR) is 74.3 cm³/mol. The summed E-state index contributed by atoms with van der Waals surface area (Å²) in [6.45, 7) is 1.93. The third kappa shape index (κ3) is 11.2. The zero-order valence-corrected chi connectivity index (χ0v) is 12.5. The highest BCUT2D eigenvalue weighted by Gasteiger charge is 2.09. The second kappa shape index (κ2) is 11.1. The monoisotopic (exact) mass is 316 g/mol. The van der Waals surface area contributed by atoms with Crippen LogP contribution in [0.3, 0.4) is 0 Å². The maximum atomic E-state index is 11.3. The zero-order chi connectivity index (χ0) is 17.0. The molecule has 124 valence electrons. The number of ether oxygens (including phenoxy) is 1. The molecule has 0 aromatic carbocycles. The molecule has 0 aliphatic rings. The summed E-state index contributed by atoms with van der Waals surface area (Å²) in [6.07, 6.45) is 0. The Morgan fingerprint density at radius 1 is 0.727 bits per heavy atom. The van der Waals surface area contributed by atoms with E-state index in [0.29, 0.717) is 0 Å². The van der Waals surface area contributed by atoms with E-state index in [-0.39, 0.29) is 38.7 Å². The average Bonchev–Trinajstić information content (AvgIpc) is 2.46. The standard InChI is InChI=1S/C12H20N4O6/c1-3-22-12(21)7-16-11(20)6-15-10(19)5-14-9(18)4-13-8(2)17/h3-7H2,1-2H3,(H,13,17)(H,14,18)(H,15,19)(H,16,20). The Morgan fingerprint density at radius 2 is 1.14 bits per heavy atom. The van der Waals surface area contributed by atoms with Crippen LogP contribution in [-0.4, -0.2) is 62.4 Å². The lowest BCUT2D eigenvalue weighted by Crippen LogP contribution is -2.44. The number of carbonyl (C=O) groups excluding carboxylic acids is 5. The number of hydrogen-bond acceptors (Lipinski definition) is 6. The topological polar surface area (TPSA) is 143 Å². The largest absolute Gasteiger partial charge is 0.465 e. The molecule has 4 N–H and O–H groups in total. The highest BCUT2D eigenvalue weighted by atomic mass is 16.5. The third-order valence-electron chi connectivity index (χ3n) is 2.13. The SMILES string of the molecule is CCOC(=O)CNC(=O)CNC(=O)CNC(=O)CNC(C)=O. The maximum absolute atomic E-state index is 11.3. The smallest absolute Gasteiger partial charge is 0.325 e. The molecule has 0 radical (unpaired) electrons. The molecule has 0 bridgehead atoms. The fourth-order valence-electron chi connectivity index (χ4n) is 1.13. The first-order valence-corrected chi connectivity index (χ1v) is 6.55. The number of rotatable bonds is 9. The molecule has 0 spiro atoms. The van der Waals surface area contributed by atoms with Crippen molar-refractivity contribution < 1.29 is 28.7 Å². The molecule has 10 heteroatoms. The van der Waals surface area contributed by atoms with Gasteiger partial charge in [-0.05, 0) is 6.92 Å². The van der Waals surface area contributed by atoms with Crippen molar-refractivity contribution in [3.8, 4) is 0 Å². The van der Waals surface area contributed by atoms with Gasteiger partial charge in [-0.25, -0.2) is 0 Å². The Kier molecular flexibility index (Phi) is 9.73. The van der Waals surface area contributed by atoms with Crippen LogP contribution in [-0.2, 0) is 28.7 Å². The van der Waals surface area contributed by atoms with Crippen molar-refractivity contribution >= 4 is 29.6 Å². The van der Waals surface area contributed by atoms with Crippen molar-refractivity contribution in [3.63, 3.8) is 0 Å². The second-order valence-electron chi connectivity index (χ2n) is 4.04. The first-order chi connectivity index (χ1) is 10.3. The fourth-order valence-corrected chi connectivity index (χ4v) is 1.13. The summed E-state index contributed by atoms with van der Waals surface area (Å²) in [7, 11) is 0. The van der Waals surface area contributed by atoms with Gasteiger partial charge in [-0.1, -0.05) is 0 Å². The van der Waals surface area contributed by atoms with E-state index in [2.05, 4.69) is 26.0 Å². The number of hydrogen-bond donors (Lipinski definition) is 4. The maximum Gasteiger partial charge on any atom is 0.325 e. The second-order valence-corrected chi connectivity index (χ2v) is 4.04. The molecule has 0 rings (SSSR count). The Morgan fingerprint density at radius 3 is 1.55 bits per heavy atom. The van der Waals surface area contributed by atoms with Crippen molar-refractivity contribution in [2.45, 2.75) is 13.8 Å². The number of carbonyl (C=O) groups is 5. The van der Waals surface area contributed by atoms with Gasteiger partial charge in [-0.3, -0.25) is 24.0 Å². The predicted octanol–water partition coefficient (Wildman–Crippen LogP) is -2.97. The number of esters is 1. The van der Waals surface area contributed by atoms with Crippen LogP contribution in [0.15, 0.2) is 0 Å². The summed E-state index contributed by atoms with van der Waals surface area (Å²) in [5, 5.41) is 9.03. The van der Waals surface area contributed by atoms with Crippen LogP contribution in [0.5, 0.6) is 0 Å². The van der Waals surface area contributed by atoms with Gasteiger partial charge in [0.1, 0.15) is 6.54 Å². The van der Waals surface area contributed by atoms with E-state index in [9.17, 15) is 24.0 Å². The summed E-state index contributed by atoms with van der Waals surface area (Å²) in [5.74, 6) is -2.61. The average molecular weight is 316 g/mol. The third-order valence-corrected chi connectivity index (χ3v) is 2.13. The van der Waals surface area contributed by atoms with E-state index < -0.39 is 23.7 Å². The lowest BCUT2D eigenvalue weighted by atomic mass is 10.4. The lowest BCUT2D eigenvalue weighted by Gasteiger charge is -2.08. The van der Waals surface area contributed by atoms with Gasteiger partial charge in [-0.15, -0.1) is 0 Å². The van der Waals surface area contributed by atoms with Crippen LogP contribution < -0.4 is 21.3 Å². The van der Waals surface area contributed by atoms with Gasteiger partial charge in [0.05, 0.1) is 26.2 Å². The molecule has 0 aromatic heterocycles. The molecular formula is C12H20N4O6. The van der Waals surface area contributed by atoms with Crippen molar-refractivity contribution in [1.82, 2.24) is 21.3 Å². The Labute approximate surface area is 127 Å². The molecule has 0 aliphatic carbocycles. The molecule has 4 amide bonds. The lowest BCUT2D eigenvalue weighted by molar-refractivity contribution is -0.143. The minimum atomic E-state index is -0.581. The van der Waals surface area contributed by atoms with E-state index in [1.165, 1.54) is 6.92 Å². The molecule has 0 aromatic rings. The normalized spacial score (nSPS) is 9.36. The summed E-state index contributed by atoms with van der Waals surface area (Å²) in [5.41, 5.74) is 0. The summed E-state index contributed by atoms with van der Waals surface area (Å²) in [6, 6.07) is 0. The van der Waals surface area contributed by atoms with Gasteiger partial charge < -0.3 is 26.0 Å². The fraction of sp³-hybridized carbons (Fsp3) is 0.583. The minimum Gasteiger partial charge on any atom is -0.465 e. The van der Waals surface area contributed by atoms with Crippen molar-refractivity contribution in [3.05, 3.63) is 0 Å². The number of nitrogens with one attached hydrogen (secondary N) is 4. The van der Waals surface area contributed by atoms with Crippen LogP contribution in [0.4, 0.5) is 0 Å². The Balaban J connectivity index is 3.75. The van der Waals surface area contributed by atoms with E-state index in [1.54, 1.807) is 6.92 Å². The van der Waals surface area contributed by atoms with Gasteiger partial charge in [0, 0.05) is 6.92 Å². The molecule has 10 nitrogen and oxygen atoms in total. The summed E-state index contributed by atoms with van der Waals surface area (Å²) < 4.78 is 4.60. The summed E-state index contributed by atoms with van der Waals surface area (Å²) in [4.78, 5) is 55.4. The van der Waals surface area contributed by atoms with Crippen LogP contribution in [0, 0.1) is 0 Å². The van der Waals surface area contributed by atoms with E-state index in [1.807, 2.05) is 0 Å². The van der Waals surface area contributed by atoms with Crippen molar-refractivity contribution in [2.24, 2.45) is 0 Å². The Bertz CT molecular complexity index is 437. The minimum absolute atomic E-state index is 0.212. The molecule has 0 saturated heterocycles. The molecule has 22 heavy (non-hydrogen) atoms. The van der Waals surface area contributed by atoms with Gasteiger partial charge in [0.15, 0.2) is 0 Å². The van der Waals surface area contributed by atoms with Crippen LogP contribution >= 0.6 is 0 Å². The van der Waals surface area contributed by atoms with Gasteiger partial charge in [0.2, 0.25) is 23.6 Å². The van der Waals surface area contributed by atoms with E-state index >= 15 is 0 Å². The molecule has 0 aliphatic heterocycles. The van der Waals surface area contributed by atoms with Crippen molar-refractivity contribution in [2.75, 3.05) is 32.8 Å². The molecule has 0 atom stereocenters. The van der Waals surface area contributed by atoms with Crippen LogP contribution in [0.1, 0.15) is 13.8 Å². The van der Waals surface area contributed by atoms with E-state index in [4.69, 9.17) is 0 Å². The van der Waals surface area contributed by atoms with Crippen LogP contribution in [0.25, 0.3) is 0 Å². The highest BCUT2D eigenvalue weighted by molar-refractivity contribution is 5.90. The highest BCUT2D eigenvalue weighted by Crippen LogP contribution is 1.76. The molecule has 0 saturated carbocycles. The van der Waals surface area contributed by atoms with E-state index in [0.717, 1.165) is 0 Å². The Hall–Kier alpha value is -2.65. The van der Waals surface area contributed by atoms with Crippen LogP contribution in [0.2, 0.25) is 0 Å². The molecular weight excluding hydrogens is 296 g/mol. The molecule has 0 unspecified atom stereocenters. The first kappa shape index (κ1) is 19.4. The number of amides is 4. The summed E-state index contributed by atoms with van der Waals surface area (Å²) >= 11 is 0. The van der Waals surface area contributed by atoms with Gasteiger partial charge >= 0.3 is 5.97 Å². The van der Waals surface area contributed by atoms with Crippen molar-refractivity contribution in [1.29, 1.82) is 0 Å². The zero-order valence-electron chi connectivity index (χ0n) is 12.5.